The normalized spacial score (nSPS) is 20.7. The van der Waals surface area contributed by atoms with Gasteiger partial charge in [0.2, 0.25) is 11.4 Å². The Hall–Kier alpha value is -3.69. The summed E-state index contributed by atoms with van der Waals surface area (Å²) in [6, 6.07) is 12.1. The fourth-order valence-corrected chi connectivity index (χ4v) is 5.28. The lowest BCUT2D eigenvalue weighted by Gasteiger charge is -2.35. The van der Waals surface area contributed by atoms with Crippen LogP contribution >= 0.6 is 0 Å². The molecular weight excluding hydrogens is 516 g/mol. The van der Waals surface area contributed by atoms with Crippen LogP contribution in [-0.4, -0.2) is 47.9 Å². The summed E-state index contributed by atoms with van der Waals surface area (Å²) in [5, 5.41) is 1.96. The first-order valence-corrected chi connectivity index (χ1v) is 12.6. The standard InChI is InChI=1S/C29H30F4N2O4/c1-27(2)16-22-25(23(36)17-27)28(29(31,32)33,26(38)35(22)15-14-19-4-9-20(30)10-5-19)34-24(37)13-8-18-6-11-21(39-3)12-7-18/h4-7,9-12H,8,13-17H2,1-3H3,(H,34,37)/t28-/m0/s1. The molecule has 0 spiro atoms. The molecule has 1 atom stereocenters. The predicted molar refractivity (Wildman–Crippen MR) is 135 cm³/mol. The number of aryl methyl sites for hydroxylation is 1. The molecular formula is C29H30F4N2O4. The number of carbonyl (C=O) groups excluding carboxylic acids is 3. The number of alkyl halides is 3. The topological polar surface area (TPSA) is 75.7 Å². The second-order valence-corrected chi connectivity index (χ2v) is 10.7. The number of nitrogens with zero attached hydrogens (tertiary/aromatic N) is 1. The molecule has 0 fully saturated rings. The maximum absolute atomic E-state index is 14.9. The number of halogens is 4. The van der Waals surface area contributed by atoms with Crippen LogP contribution in [0.1, 0.15) is 44.2 Å². The maximum atomic E-state index is 14.9. The molecule has 2 amide bonds. The number of benzene rings is 2. The Labute approximate surface area is 224 Å². The Morgan fingerprint density at radius 3 is 2.15 bits per heavy atom. The Kier molecular flexibility index (Phi) is 7.60. The second-order valence-electron chi connectivity index (χ2n) is 10.7. The fraction of sp³-hybridized carbons (Fsp3) is 0.414. The van der Waals surface area contributed by atoms with Crippen LogP contribution in [0.25, 0.3) is 0 Å². The third-order valence-corrected chi connectivity index (χ3v) is 7.21. The van der Waals surface area contributed by atoms with Crippen LogP contribution in [-0.2, 0) is 27.2 Å². The van der Waals surface area contributed by atoms with E-state index in [2.05, 4.69) is 0 Å². The monoisotopic (exact) mass is 546 g/mol. The van der Waals surface area contributed by atoms with Gasteiger partial charge in [0.1, 0.15) is 11.6 Å². The van der Waals surface area contributed by atoms with Gasteiger partial charge >= 0.3 is 6.18 Å². The largest absolute Gasteiger partial charge is 0.497 e. The Morgan fingerprint density at radius 2 is 1.56 bits per heavy atom. The summed E-state index contributed by atoms with van der Waals surface area (Å²) in [7, 11) is 1.50. The highest BCUT2D eigenvalue weighted by Gasteiger charge is 2.71. The van der Waals surface area contributed by atoms with Gasteiger partial charge in [0, 0.05) is 25.1 Å². The van der Waals surface area contributed by atoms with Crippen molar-refractivity contribution in [1.29, 1.82) is 0 Å². The molecule has 39 heavy (non-hydrogen) atoms. The number of hydrogen-bond acceptors (Lipinski definition) is 4. The number of Topliss-reactive ketones (excluding diaryl/α,β-unsaturated/α-hetero) is 1. The first-order valence-electron chi connectivity index (χ1n) is 12.6. The molecule has 0 saturated heterocycles. The van der Waals surface area contributed by atoms with Gasteiger partial charge in [0.05, 0.1) is 12.7 Å². The third-order valence-electron chi connectivity index (χ3n) is 7.21. The zero-order valence-corrected chi connectivity index (χ0v) is 22.0. The van der Waals surface area contributed by atoms with Gasteiger partial charge in [-0.1, -0.05) is 38.1 Å². The van der Waals surface area contributed by atoms with Gasteiger partial charge in [-0.05, 0) is 60.1 Å². The summed E-state index contributed by atoms with van der Waals surface area (Å²) in [5.41, 5.74) is -3.55. The van der Waals surface area contributed by atoms with Crippen molar-refractivity contribution in [3.8, 4) is 5.75 Å². The molecule has 0 bridgehead atoms. The number of methoxy groups -OCH3 is 1. The lowest BCUT2D eigenvalue weighted by molar-refractivity contribution is -0.194. The SMILES string of the molecule is COc1ccc(CCC(=O)N[C@]2(C(F)(F)F)C(=O)N(CCc3ccc(F)cc3)C3=C2C(=O)CC(C)(C)C3)cc1. The van der Waals surface area contributed by atoms with Crippen molar-refractivity contribution in [3.05, 3.63) is 76.7 Å². The van der Waals surface area contributed by atoms with E-state index in [-0.39, 0.29) is 44.3 Å². The summed E-state index contributed by atoms with van der Waals surface area (Å²) >= 11 is 0. The number of hydrogen-bond donors (Lipinski definition) is 1. The molecule has 1 N–H and O–H groups in total. The highest BCUT2D eigenvalue weighted by molar-refractivity contribution is 6.13. The summed E-state index contributed by atoms with van der Waals surface area (Å²) in [5.74, 6) is -3.08. The van der Waals surface area contributed by atoms with Crippen molar-refractivity contribution < 1.29 is 36.7 Å². The van der Waals surface area contributed by atoms with Gasteiger partial charge in [-0.2, -0.15) is 13.2 Å². The summed E-state index contributed by atoms with van der Waals surface area (Å²) in [6.07, 6.45) is -5.46. The van der Waals surface area contributed by atoms with Crippen molar-refractivity contribution in [2.24, 2.45) is 5.41 Å². The Bertz CT molecular complexity index is 1300. The van der Waals surface area contributed by atoms with E-state index in [0.29, 0.717) is 16.9 Å². The third kappa shape index (κ3) is 5.55. The first-order chi connectivity index (χ1) is 18.3. The molecule has 6 nitrogen and oxygen atoms in total. The van der Waals surface area contributed by atoms with Crippen molar-refractivity contribution in [1.82, 2.24) is 10.2 Å². The average Bonchev–Trinajstić information content (AvgIpc) is 3.09. The van der Waals surface area contributed by atoms with Gasteiger partial charge < -0.3 is 15.0 Å². The number of allylic oxidation sites excluding steroid dienone is 1. The number of carbonyl (C=O) groups is 3. The number of ketones is 1. The minimum atomic E-state index is -5.26. The number of nitrogens with one attached hydrogen (secondary N) is 1. The molecule has 1 heterocycles. The van der Waals surface area contributed by atoms with E-state index in [4.69, 9.17) is 4.74 Å². The minimum absolute atomic E-state index is 0.0175. The summed E-state index contributed by atoms with van der Waals surface area (Å²) < 4.78 is 63.1. The van der Waals surface area contributed by atoms with E-state index in [9.17, 15) is 31.9 Å². The molecule has 2 aromatic carbocycles. The van der Waals surface area contributed by atoms with Crippen LogP contribution in [0.15, 0.2) is 59.8 Å². The van der Waals surface area contributed by atoms with Crippen molar-refractivity contribution in [2.75, 3.05) is 13.7 Å². The molecule has 0 radical (unpaired) electrons. The quantitative estimate of drug-likeness (QED) is 0.478. The smallest absolute Gasteiger partial charge is 0.425 e. The minimum Gasteiger partial charge on any atom is -0.497 e. The van der Waals surface area contributed by atoms with E-state index in [1.807, 2.05) is 5.32 Å². The molecule has 1 aliphatic carbocycles. The van der Waals surface area contributed by atoms with Crippen molar-refractivity contribution >= 4 is 17.6 Å². The van der Waals surface area contributed by atoms with E-state index in [1.54, 1.807) is 38.1 Å². The van der Waals surface area contributed by atoms with Crippen LogP contribution in [0.4, 0.5) is 17.6 Å². The number of amides is 2. The van der Waals surface area contributed by atoms with Gasteiger partial charge in [-0.25, -0.2) is 4.39 Å². The van der Waals surface area contributed by atoms with Gasteiger partial charge in [-0.15, -0.1) is 0 Å². The van der Waals surface area contributed by atoms with E-state index in [1.165, 1.54) is 31.4 Å². The molecule has 208 valence electrons. The lowest BCUT2D eigenvalue weighted by Crippen LogP contribution is -2.66. The molecule has 4 rings (SSSR count). The second kappa shape index (κ2) is 10.5. The zero-order chi connectivity index (χ0) is 28.6. The molecule has 1 aliphatic heterocycles. The maximum Gasteiger partial charge on any atom is 0.425 e. The number of ether oxygens (including phenoxy) is 1. The zero-order valence-electron chi connectivity index (χ0n) is 22.0. The van der Waals surface area contributed by atoms with Crippen LogP contribution in [0.2, 0.25) is 0 Å². The van der Waals surface area contributed by atoms with Gasteiger partial charge in [-0.3, -0.25) is 14.4 Å². The van der Waals surface area contributed by atoms with Crippen molar-refractivity contribution in [3.63, 3.8) is 0 Å². The summed E-state index contributed by atoms with van der Waals surface area (Å²) in [6.45, 7) is 3.34. The number of rotatable bonds is 8. The fourth-order valence-electron chi connectivity index (χ4n) is 5.28. The average molecular weight is 547 g/mol. The molecule has 10 heteroatoms. The van der Waals surface area contributed by atoms with E-state index < -0.39 is 46.1 Å². The van der Waals surface area contributed by atoms with E-state index >= 15 is 0 Å². The lowest BCUT2D eigenvalue weighted by atomic mass is 9.72. The highest BCUT2D eigenvalue weighted by atomic mass is 19.4. The van der Waals surface area contributed by atoms with Crippen LogP contribution < -0.4 is 10.1 Å². The molecule has 0 unspecified atom stereocenters. The highest BCUT2D eigenvalue weighted by Crippen LogP contribution is 2.51. The Balaban J connectivity index is 1.66. The van der Waals surface area contributed by atoms with Crippen LogP contribution in [0.5, 0.6) is 5.75 Å². The predicted octanol–water partition coefficient (Wildman–Crippen LogP) is 4.91. The van der Waals surface area contributed by atoms with Gasteiger partial charge in [0.25, 0.3) is 5.91 Å². The summed E-state index contributed by atoms with van der Waals surface area (Å²) in [4.78, 5) is 40.8. The van der Waals surface area contributed by atoms with Crippen LogP contribution in [0.3, 0.4) is 0 Å². The van der Waals surface area contributed by atoms with Crippen LogP contribution in [0, 0.1) is 11.2 Å². The molecule has 2 aliphatic rings. The Morgan fingerprint density at radius 1 is 0.974 bits per heavy atom. The van der Waals surface area contributed by atoms with E-state index in [0.717, 1.165) is 4.90 Å². The molecule has 0 saturated carbocycles. The molecule has 2 aromatic rings. The van der Waals surface area contributed by atoms with Gasteiger partial charge in [0.15, 0.2) is 5.78 Å². The molecule has 0 aromatic heterocycles. The van der Waals surface area contributed by atoms with Crippen molar-refractivity contribution in [2.45, 2.75) is 57.7 Å². The first kappa shape index (κ1) is 28.3.